The smallest absolute Gasteiger partial charge is 0.246 e. The molecular formula is C22H37N7O2S3. The van der Waals surface area contributed by atoms with E-state index in [4.69, 9.17) is 5.73 Å². The molecule has 2 aromatic heterocycles. The van der Waals surface area contributed by atoms with E-state index >= 15 is 0 Å². The van der Waals surface area contributed by atoms with Gasteiger partial charge in [-0.2, -0.15) is 11.8 Å². The van der Waals surface area contributed by atoms with Crippen LogP contribution in [0.4, 0.5) is 10.3 Å². The van der Waals surface area contributed by atoms with E-state index in [1.54, 1.807) is 11.8 Å². The number of aryl methyl sites for hydroxylation is 2. The normalized spacial score (nSPS) is 14.3. The van der Waals surface area contributed by atoms with Crippen molar-refractivity contribution in [1.82, 2.24) is 20.4 Å². The predicted octanol–water partition coefficient (Wildman–Crippen LogP) is 4.23. The summed E-state index contributed by atoms with van der Waals surface area (Å²) in [7, 11) is 0. The third kappa shape index (κ3) is 8.54. The molecule has 0 radical (unpaired) electrons. The highest BCUT2D eigenvalue weighted by molar-refractivity contribution is 7.99. The molecule has 9 nitrogen and oxygen atoms in total. The number of nitrogens with zero attached hydrogens (tertiary/aromatic N) is 4. The molecule has 0 aliphatic heterocycles. The topological polar surface area (TPSA) is 136 Å². The third-order valence-corrected chi connectivity index (χ3v) is 8.40. The Bertz CT molecular complexity index is 931. The van der Waals surface area contributed by atoms with Crippen molar-refractivity contribution >= 4 is 56.5 Å². The molecule has 190 valence electrons. The number of rotatable bonds is 14. The molecule has 2 atom stereocenters. The molecule has 2 amide bonds. The Morgan fingerprint density at radius 2 is 1.47 bits per heavy atom. The zero-order valence-corrected chi connectivity index (χ0v) is 23.3. The quantitative estimate of drug-likeness (QED) is 0.311. The second-order valence-electron chi connectivity index (χ2n) is 9.14. The summed E-state index contributed by atoms with van der Waals surface area (Å²) in [5.74, 6) is 2.02. The number of nitrogens with one attached hydrogen (secondary N) is 2. The van der Waals surface area contributed by atoms with Gasteiger partial charge in [-0.25, -0.2) is 0 Å². The second kappa shape index (κ2) is 13.5. The van der Waals surface area contributed by atoms with E-state index < -0.39 is 5.54 Å². The van der Waals surface area contributed by atoms with Gasteiger partial charge in [0.1, 0.15) is 10.0 Å². The maximum atomic E-state index is 12.6. The summed E-state index contributed by atoms with van der Waals surface area (Å²) in [5.41, 5.74) is 5.35. The van der Waals surface area contributed by atoms with E-state index in [9.17, 15) is 9.59 Å². The van der Waals surface area contributed by atoms with Crippen LogP contribution in [0, 0.1) is 17.8 Å². The Balaban J connectivity index is 1.70. The number of thioether (sulfide) groups is 1. The molecule has 12 heteroatoms. The summed E-state index contributed by atoms with van der Waals surface area (Å²) in [4.78, 5) is 24.8. The van der Waals surface area contributed by atoms with E-state index in [0.29, 0.717) is 22.6 Å². The number of anilines is 2. The Kier molecular flexibility index (Phi) is 11.3. The van der Waals surface area contributed by atoms with Gasteiger partial charge in [-0.15, -0.1) is 20.4 Å². The van der Waals surface area contributed by atoms with Crippen LogP contribution in [-0.4, -0.2) is 49.3 Å². The number of carbonyl (C=O) groups excluding carboxylic acids is 2. The first-order valence-corrected chi connectivity index (χ1v) is 14.5. The van der Waals surface area contributed by atoms with Crippen LogP contribution < -0.4 is 16.4 Å². The minimum absolute atomic E-state index is 0.00514. The summed E-state index contributed by atoms with van der Waals surface area (Å²) in [6.45, 7) is 12.0. The SMILES string of the molecule is CCC(N)(C(=O)Nc1nnc(CCSCCc2nnc(NC(=O)C(C)CC(C)C)s2)s1)C(C)C. The molecule has 4 N–H and O–H groups in total. The standard InChI is InChI=1S/C22H37N7O2S3/c1-7-22(23,14(4)5)19(31)25-21-29-27-17(34-21)9-11-32-10-8-16-26-28-20(33-16)24-18(30)15(6)12-13(2)3/h13-15H,7-12,23H2,1-6H3,(H,24,28,30)(H,25,29,31). The Hall–Kier alpha value is -1.63. The molecule has 0 aliphatic rings. The van der Waals surface area contributed by atoms with Crippen LogP contribution >= 0.6 is 34.4 Å². The van der Waals surface area contributed by atoms with E-state index in [0.717, 1.165) is 40.8 Å². The lowest BCUT2D eigenvalue weighted by molar-refractivity contribution is -0.123. The fourth-order valence-corrected chi connectivity index (χ4v) is 5.93. The lowest BCUT2D eigenvalue weighted by Crippen LogP contribution is -2.54. The summed E-state index contributed by atoms with van der Waals surface area (Å²) in [6.07, 6.45) is 2.97. The van der Waals surface area contributed by atoms with Gasteiger partial charge in [0.15, 0.2) is 0 Å². The molecule has 0 saturated heterocycles. The van der Waals surface area contributed by atoms with Crippen LogP contribution in [-0.2, 0) is 22.4 Å². The maximum absolute atomic E-state index is 12.6. The van der Waals surface area contributed by atoms with Crippen molar-refractivity contribution < 1.29 is 9.59 Å². The molecule has 0 spiro atoms. The van der Waals surface area contributed by atoms with Crippen LogP contribution in [0.25, 0.3) is 0 Å². The molecule has 0 aromatic carbocycles. The average Bonchev–Trinajstić information content (AvgIpc) is 3.41. The molecule has 2 heterocycles. The highest BCUT2D eigenvalue weighted by atomic mass is 32.2. The highest BCUT2D eigenvalue weighted by Crippen LogP contribution is 2.24. The average molecular weight is 528 g/mol. The van der Waals surface area contributed by atoms with Crippen molar-refractivity contribution in [1.29, 1.82) is 0 Å². The van der Waals surface area contributed by atoms with Gasteiger partial charge in [-0.1, -0.05) is 64.2 Å². The van der Waals surface area contributed by atoms with Gasteiger partial charge in [0.2, 0.25) is 22.1 Å². The molecule has 2 aromatic rings. The number of nitrogens with two attached hydrogens (primary N) is 1. The predicted molar refractivity (Wildman–Crippen MR) is 142 cm³/mol. The molecule has 0 saturated carbocycles. The van der Waals surface area contributed by atoms with Crippen molar-refractivity contribution in [2.75, 3.05) is 22.1 Å². The maximum Gasteiger partial charge on any atom is 0.246 e. The highest BCUT2D eigenvalue weighted by Gasteiger charge is 2.36. The minimum Gasteiger partial charge on any atom is -0.317 e. The third-order valence-electron chi connectivity index (χ3n) is 5.62. The van der Waals surface area contributed by atoms with Crippen LogP contribution in [0.3, 0.4) is 0 Å². The van der Waals surface area contributed by atoms with Gasteiger partial charge in [0, 0.05) is 18.8 Å². The number of amides is 2. The van der Waals surface area contributed by atoms with Crippen molar-refractivity contribution in [3.8, 4) is 0 Å². The summed E-state index contributed by atoms with van der Waals surface area (Å²) in [6, 6.07) is 0. The zero-order chi connectivity index (χ0) is 25.3. The molecule has 2 rings (SSSR count). The van der Waals surface area contributed by atoms with Crippen molar-refractivity contribution in [3.05, 3.63) is 10.0 Å². The van der Waals surface area contributed by atoms with Crippen LogP contribution in [0.2, 0.25) is 0 Å². The van der Waals surface area contributed by atoms with E-state index in [-0.39, 0.29) is 23.7 Å². The Morgan fingerprint density at radius 1 is 0.941 bits per heavy atom. The molecule has 2 unspecified atom stereocenters. The molecule has 34 heavy (non-hydrogen) atoms. The van der Waals surface area contributed by atoms with Gasteiger partial charge in [-0.05, 0) is 36.2 Å². The van der Waals surface area contributed by atoms with Crippen LogP contribution in [0.1, 0.15) is 64.4 Å². The van der Waals surface area contributed by atoms with Gasteiger partial charge in [0.25, 0.3) is 0 Å². The summed E-state index contributed by atoms with van der Waals surface area (Å²) in [5, 5.41) is 25.1. The van der Waals surface area contributed by atoms with E-state index in [1.807, 2.05) is 27.7 Å². The lowest BCUT2D eigenvalue weighted by Gasteiger charge is -2.30. The van der Waals surface area contributed by atoms with E-state index in [2.05, 4.69) is 44.9 Å². The van der Waals surface area contributed by atoms with Crippen molar-refractivity contribution in [3.63, 3.8) is 0 Å². The molecule has 0 fully saturated rings. The number of hydrogen-bond acceptors (Lipinski definition) is 10. The monoisotopic (exact) mass is 527 g/mol. The van der Waals surface area contributed by atoms with Crippen molar-refractivity contribution in [2.45, 2.75) is 72.8 Å². The van der Waals surface area contributed by atoms with Crippen LogP contribution in [0.15, 0.2) is 0 Å². The fourth-order valence-electron chi connectivity index (χ4n) is 3.32. The van der Waals surface area contributed by atoms with Gasteiger partial charge in [-0.3, -0.25) is 14.9 Å². The number of hydrogen-bond donors (Lipinski definition) is 3. The van der Waals surface area contributed by atoms with Gasteiger partial charge >= 0.3 is 0 Å². The Morgan fingerprint density at radius 3 is 1.94 bits per heavy atom. The van der Waals surface area contributed by atoms with E-state index in [1.165, 1.54) is 22.7 Å². The summed E-state index contributed by atoms with van der Waals surface area (Å²) < 4.78 is 0. The molecule has 0 bridgehead atoms. The van der Waals surface area contributed by atoms with Crippen molar-refractivity contribution in [2.24, 2.45) is 23.5 Å². The first-order chi connectivity index (χ1) is 16.0. The summed E-state index contributed by atoms with van der Waals surface area (Å²) >= 11 is 4.61. The lowest BCUT2D eigenvalue weighted by atomic mass is 9.84. The molecular weight excluding hydrogens is 490 g/mol. The van der Waals surface area contributed by atoms with Gasteiger partial charge < -0.3 is 11.1 Å². The first-order valence-electron chi connectivity index (χ1n) is 11.7. The fraction of sp³-hybridized carbons (Fsp3) is 0.727. The zero-order valence-electron chi connectivity index (χ0n) is 20.9. The first kappa shape index (κ1) is 28.6. The van der Waals surface area contributed by atoms with Crippen LogP contribution in [0.5, 0.6) is 0 Å². The van der Waals surface area contributed by atoms with Gasteiger partial charge in [0.05, 0.1) is 5.54 Å². The Labute approximate surface area is 214 Å². The number of aromatic nitrogens is 4. The second-order valence-corrected chi connectivity index (χ2v) is 12.5. The largest absolute Gasteiger partial charge is 0.317 e. The molecule has 0 aliphatic carbocycles. The minimum atomic E-state index is -0.915. The number of carbonyl (C=O) groups is 2.